The Bertz CT molecular complexity index is 1060. The molecule has 1 atom stereocenters. The Morgan fingerprint density at radius 2 is 1.85 bits per heavy atom. The van der Waals surface area contributed by atoms with E-state index >= 15 is 0 Å². The summed E-state index contributed by atoms with van der Waals surface area (Å²) in [4.78, 5) is 29.5. The van der Waals surface area contributed by atoms with Crippen molar-refractivity contribution >= 4 is 29.1 Å². The molecule has 1 fully saturated rings. The van der Waals surface area contributed by atoms with Crippen molar-refractivity contribution in [2.24, 2.45) is 5.10 Å². The Hall–Kier alpha value is -2.81. The SMILES string of the molecule is CC(=O)N(CCN1CCOCC1)CC(=O)N1N=C(c2ccccc2Cl)CC1c1ccc(F)cc1. The van der Waals surface area contributed by atoms with Gasteiger partial charge in [0.05, 0.1) is 25.0 Å². The number of ether oxygens (including phenoxy) is 1. The molecule has 4 rings (SSSR count). The number of hydrazone groups is 1. The molecule has 0 aromatic heterocycles. The van der Waals surface area contributed by atoms with E-state index < -0.39 is 6.04 Å². The zero-order valence-corrected chi connectivity index (χ0v) is 19.9. The lowest BCUT2D eigenvalue weighted by molar-refractivity contribution is -0.140. The highest BCUT2D eigenvalue weighted by Gasteiger charge is 2.34. The first-order valence-electron chi connectivity index (χ1n) is 11.4. The van der Waals surface area contributed by atoms with Crippen LogP contribution in [0.3, 0.4) is 0 Å². The highest BCUT2D eigenvalue weighted by molar-refractivity contribution is 6.34. The number of carbonyl (C=O) groups excluding carboxylic acids is 2. The minimum absolute atomic E-state index is 0.0866. The smallest absolute Gasteiger partial charge is 0.262 e. The molecule has 180 valence electrons. The molecule has 2 aromatic carbocycles. The van der Waals surface area contributed by atoms with Crippen LogP contribution in [0.5, 0.6) is 0 Å². The fourth-order valence-electron chi connectivity index (χ4n) is 4.21. The first-order valence-corrected chi connectivity index (χ1v) is 11.8. The minimum Gasteiger partial charge on any atom is -0.379 e. The zero-order chi connectivity index (χ0) is 24.1. The van der Waals surface area contributed by atoms with Gasteiger partial charge in [-0.15, -0.1) is 0 Å². The number of amides is 2. The van der Waals surface area contributed by atoms with E-state index in [2.05, 4.69) is 10.0 Å². The number of carbonyl (C=O) groups is 2. The van der Waals surface area contributed by atoms with E-state index in [0.29, 0.717) is 43.5 Å². The van der Waals surface area contributed by atoms with Crippen LogP contribution in [0.1, 0.15) is 30.5 Å². The van der Waals surface area contributed by atoms with Gasteiger partial charge in [-0.2, -0.15) is 5.10 Å². The predicted octanol–water partition coefficient (Wildman–Crippen LogP) is 3.34. The van der Waals surface area contributed by atoms with Crippen molar-refractivity contribution in [2.75, 3.05) is 45.9 Å². The highest BCUT2D eigenvalue weighted by atomic mass is 35.5. The van der Waals surface area contributed by atoms with Crippen LogP contribution in [0.2, 0.25) is 5.02 Å². The number of nitrogens with zero attached hydrogens (tertiary/aromatic N) is 4. The van der Waals surface area contributed by atoms with E-state index in [0.717, 1.165) is 24.2 Å². The van der Waals surface area contributed by atoms with E-state index in [9.17, 15) is 14.0 Å². The van der Waals surface area contributed by atoms with Crippen molar-refractivity contribution < 1.29 is 18.7 Å². The lowest BCUT2D eigenvalue weighted by atomic mass is 9.98. The Labute approximate surface area is 203 Å². The minimum atomic E-state index is -0.410. The van der Waals surface area contributed by atoms with Gasteiger partial charge < -0.3 is 9.64 Å². The number of rotatable bonds is 7. The summed E-state index contributed by atoms with van der Waals surface area (Å²) in [5, 5.41) is 6.58. The second-order valence-electron chi connectivity index (χ2n) is 8.43. The quantitative estimate of drug-likeness (QED) is 0.602. The number of halogens is 2. The van der Waals surface area contributed by atoms with E-state index in [1.54, 1.807) is 23.1 Å². The first kappa shape index (κ1) is 24.3. The number of hydrogen-bond donors (Lipinski definition) is 0. The topological polar surface area (TPSA) is 65.5 Å². The Kier molecular flexibility index (Phi) is 7.92. The maximum Gasteiger partial charge on any atom is 0.262 e. The van der Waals surface area contributed by atoms with Gasteiger partial charge in [0.15, 0.2) is 0 Å². The highest BCUT2D eigenvalue weighted by Crippen LogP contribution is 2.34. The Morgan fingerprint density at radius 1 is 1.15 bits per heavy atom. The third-order valence-corrected chi connectivity index (χ3v) is 6.50. The van der Waals surface area contributed by atoms with Gasteiger partial charge >= 0.3 is 0 Å². The lowest BCUT2D eigenvalue weighted by Gasteiger charge is -2.30. The molecule has 34 heavy (non-hydrogen) atoms. The molecule has 2 aromatic rings. The summed E-state index contributed by atoms with van der Waals surface area (Å²) in [5.74, 6) is -0.819. The molecule has 7 nitrogen and oxygen atoms in total. The molecule has 0 N–H and O–H groups in total. The zero-order valence-electron chi connectivity index (χ0n) is 19.1. The molecule has 0 saturated carbocycles. The fraction of sp³-hybridized carbons (Fsp3) is 0.400. The van der Waals surface area contributed by atoms with E-state index in [-0.39, 0.29) is 24.2 Å². The third-order valence-electron chi connectivity index (χ3n) is 6.17. The predicted molar refractivity (Wildman–Crippen MR) is 128 cm³/mol. The van der Waals surface area contributed by atoms with Crippen LogP contribution in [0.25, 0.3) is 0 Å². The lowest BCUT2D eigenvalue weighted by Crippen LogP contribution is -2.45. The Morgan fingerprint density at radius 3 is 2.53 bits per heavy atom. The van der Waals surface area contributed by atoms with Crippen molar-refractivity contribution in [2.45, 2.75) is 19.4 Å². The van der Waals surface area contributed by atoms with Crippen LogP contribution in [0.15, 0.2) is 53.6 Å². The summed E-state index contributed by atoms with van der Waals surface area (Å²) >= 11 is 6.39. The third kappa shape index (κ3) is 5.81. The molecule has 2 amide bonds. The monoisotopic (exact) mass is 486 g/mol. The molecule has 2 heterocycles. The molecular weight excluding hydrogens is 459 g/mol. The van der Waals surface area contributed by atoms with Gasteiger partial charge in [-0.1, -0.05) is 41.9 Å². The van der Waals surface area contributed by atoms with Crippen LogP contribution in [0, 0.1) is 5.82 Å². The average molecular weight is 487 g/mol. The maximum absolute atomic E-state index is 13.5. The first-order chi connectivity index (χ1) is 16.4. The van der Waals surface area contributed by atoms with Gasteiger partial charge in [0, 0.05) is 50.1 Å². The van der Waals surface area contributed by atoms with Gasteiger partial charge in [0.1, 0.15) is 12.4 Å². The number of morpholine rings is 1. The van der Waals surface area contributed by atoms with Crippen molar-refractivity contribution in [3.8, 4) is 0 Å². The van der Waals surface area contributed by atoms with Crippen LogP contribution >= 0.6 is 11.6 Å². The van der Waals surface area contributed by atoms with Gasteiger partial charge in [0.25, 0.3) is 5.91 Å². The molecule has 1 unspecified atom stereocenters. The van der Waals surface area contributed by atoms with Crippen LogP contribution < -0.4 is 0 Å². The standard InChI is InChI=1S/C25H28ClFN4O3/c1-18(32)30(11-10-29-12-14-34-15-13-29)17-25(33)31-24(19-6-8-20(27)9-7-19)16-23(28-31)21-4-2-3-5-22(21)26/h2-9,24H,10-17H2,1H3. The summed E-state index contributed by atoms with van der Waals surface area (Å²) in [6, 6.07) is 13.0. The molecule has 0 radical (unpaired) electrons. The molecular formula is C25H28ClFN4O3. The van der Waals surface area contributed by atoms with E-state index in [4.69, 9.17) is 16.3 Å². The Balaban J connectivity index is 1.53. The summed E-state index contributed by atoms with van der Waals surface area (Å²) < 4.78 is 18.9. The van der Waals surface area contributed by atoms with Gasteiger partial charge in [-0.3, -0.25) is 14.5 Å². The van der Waals surface area contributed by atoms with Crippen molar-refractivity contribution in [3.63, 3.8) is 0 Å². The molecule has 2 aliphatic heterocycles. The van der Waals surface area contributed by atoms with Gasteiger partial charge in [-0.05, 0) is 23.8 Å². The van der Waals surface area contributed by atoms with E-state index in [1.807, 2.05) is 18.2 Å². The molecule has 9 heteroatoms. The molecule has 1 saturated heterocycles. The van der Waals surface area contributed by atoms with Crippen LogP contribution in [-0.2, 0) is 14.3 Å². The van der Waals surface area contributed by atoms with Gasteiger partial charge in [0.2, 0.25) is 5.91 Å². The molecule has 0 bridgehead atoms. The fourth-order valence-corrected chi connectivity index (χ4v) is 4.46. The van der Waals surface area contributed by atoms with Crippen molar-refractivity contribution in [3.05, 3.63) is 70.5 Å². The van der Waals surface area contributed by atoms with Crippen molar-refractivity contribution in [1.82, 2.24) is 14.8 Å². The largest absolute Gasteiger partial charge is 0.379 e. The van der Waals surface area contributed by atoms with Crippen molar-refractivity contribution in [1.29, 1.82) is 0 Å². The molecule has 2 aliphatic rings. The normalized spacial score (nSPS) is 18.6. The van der Waals surface area contributed by atoms with Crippen LogP contribution in [-0.4, -0.2) is 78.3 Å². The molecule has 0 spiro atoms. The van der Waals surface area contributed by atoms with E-state index in [1.165, 1.54) is 24.1 Å². The second kappa shape index (κ2) is 11.1. The molecule has 0 aliphatic carbocycles. The summed E-state index contributed by atoms with van der Waals surface area (Å²) in [5.41, 5.74) is 2.20. The van der Waals surface area contributed by atoms with Gasteiger partial charge in [-0.25, -0.2) is 9.40 Å². The second-order valence-corrected chi connectivity index (χ2v) is 8.84. The summed E-state index contributed by atoms with van der Waals surface area (Å²) in [6.07, 6.45) is 0.439. The maximum atomic E-state index is 13.5. The number of benzene rings is 2. The summed E-state index contributed by atoms with van der Waals surface area (Å²) in [7, 11) is 0. The summed E-state index contributed by atoms with van der Waals surface area (Å²) in [6.45, 7) is 5.46. The number of hydrogen-bond acceptors (Lipinski definition) is 5. The van der Waals surface area contributed by atoms with Crippen LogP contribution in [0.4, 0.5) is 4.39 Å². The average Bonchev–Trinajstić information content (AvgIpc) is 3.28.